The van der Waals surface area contributed by atoms with E-state index < -0.39 is 22.5 Å². The minimum atomic E-state index is -3.74. The van der Waals surface area contributed by atoms with Crippen LogP contribution in [0.3, 0.4) is 0 Å². The van der Waals surface area contributed by atoms with Gasteiger partial charge in [0.05, 0.1) is 22.7 Å². The molecule has 0 aliphatic carbocycles. The van der Waals surface area contributed by atoms with Gasteiger partial charge in [-0.05, 0) is 36.6 Å². The molecule has 0 unspecified atom stereocenters. The van der Waals surface area contributed by atoms with Gasteiger partial charge in [-0.1, -0.05) is 35.3 Å². The Kier molecular flexibility index (Phi) is 6.62. The highest BCUT2D eigenvalue weighted by Crippen LogP contribution is 2.31. The smallest absolute Gasteiger partial charge is 0.245 e. The molecule has 0 saturated carbocycles. The first-order valence-corrected chi connectivity index (χ1v) is 10.9. The van der Waals surface area contributed by atoms with E-state index in [-0.39, 0.29) is 10.7 Å². The summed E-state index contributed by atoms with van der Waals surface area (Å²) in [6.45, 7) is -0.415. The van der Waals surface area contributed by atoms with Crippen LogP contribution in [0.2, 0.25) is 10.0 Å². The molecule has 0 aliphatic rings. The maximum atomic E-state index is 12.4. The Bertz CT molecular complexity index is 889. The summed E-state index contributed by atoms with van der Waals surface area (Å²) >= 11 is 13.5. The van der Waals surface area contributed by atoms with Crippen molar-refractivity contribution in [2.75, 3.05) is 28.7 Å². The van der Waals surface area contributed by atoms with E-state index in [9.17, 15) is 13.2 Å². The number of amides is 1. The van der Waals surface area contributed by atoms with E-state index in [1.54, 1.807) is 18.2 Å². The minimum absolute atomic E-state index is 0.157. The first kappa shape index (κ1) is 19.9. The Labute approximate surface area is 161 Å². The van der Waals surface area contributed by atoms with Gasteiger partial charge in [0, 0.05) is 9.92 Å². The van der Waals surface area contributed by atoms with Gasteiger partial charge in [-0.2, -0.15) is 0 Å². The van der Waals surface area contributed by atoms with Crippen molar-refractivity contribution in [3.63, 3.8) is 0 Å². The molecule has 2 aromatic carbocycles. The molecule has 0 radical (unpaired) electrons. The van der Waals surface area contributed by atoms with Crippen LogP contribution in [0.1, 0.15) is 0 Å². The van der Waals surface area contributed by atoms with E-state index in [0.717, 1.165) is 15.5 Å². The largest absolute Gasteiger partial charge is 0.323 e. The third-order valence-electron chi connectivity index (χ3n) is 3.25. The molecule has 0 spiro atoms. The Morgan fingerprint density at radius 2 is 1.88 bits per heavy atom. The number of halogens is 2. The van der Waals surface area contributed by atoms with Gasteiger partial charge in [-0.15, -0.1) is 11.8 Å². The number of carbonyl (C=O) groups excluding carboxylic acids is 1. The topological polar surface area (TPSA) is 66.5 Å². The maximum Gasteiger partial charge on any atom is 0.245 e. The zero-order chi connectivity index (χ0) is 18.6. The van der Waals surface area contributed by atoms with Crippen molar-refractivity contribution >= 4 is 62.3 Å². The number of hydrogen-bond acceptors (Lipinski definition) is 4. The second-order valence-corrected chi connectivity index (χ2v) is 8.71. The fraction of sp³-hybridized carbons (Fsp3) is 0.188. The van der Waals surface area contributed by atoms with Gasteiger partial charge in [0.15, 0.2) is 0 Å². The Hall–Kier alpha value is -1.41. The van der Waals surface area contributed by atoms with Crippen LogP contribution >= 0.6 is 35.0 Å². The van der Waals surface area contributed by atoms with Gasteiger partial charge >= 0.3 is 0 Å². The molecule has 0 aliphatic heterocycles. The number of para-hydroxylation sites is 1. The summed E-state index contributed by atoms with van der Waals surface area (Å²) in [4.78, 5) is 13.3. The summed E-state index contributed by atoms with van der Waals surface area (Å²) in [6.07, 6.45) is 2.90. The predicted molar refractivity (Wildman–Crippen MR) is 106 cm³/mol. The standard InChI is InChI=1S/C16H16Cl2N2O3S2/c1-24-15-6-4-3-5-13(15)19-16(21)10-20(25(2,22)23)14-9-11(17)7-8-12(14)18/h3-9H,10H2,1-2H3,(H,19,21). The maximum absolute atomic E-state index is 12.4. The van der Waals surface area contributed by atoms with Crippen LogP contribution in [0.5, 0.6) is 0 Å². The lowest BCUT2D eigenvalue weighted by molar-refractivity contribution is -0.114. The number of nitrogens with zero attached hydrogens (tertiary/aromatic N) is 1. The van der Waals surface area contributed by atoms with Crippen LogP contribution in [-0.4, -0.2) is 33.4 Å². The second kappa shape index (κ2) is 8.31. The summed E-state index contributed by atoms with van der Waals surface area (Å²) in [6, 6.07) is 11.7. The van der Waals surface area contributed by atoms with Crippen molar-refractivity contribution in [3.05, 3.63) is 52.5 Å². The van der Waals surface area contributed by atoms with Gasteiger partial charge in [0.2, 0.25) is 15.9 Å². The normalized spacial score (nSPS) is 11.2. The summed E-state index contributed by atoms with van der Waals surface area (Å²) in [5.41, 5.74) is 0.774. The molecule has 1 N–H and O–H groups in total. The first-order chi connectivity index (χ1) is 11.7. The number of sulfonamides is 1. The lowest BCUT2D eigenvalue weighted by atomic mass is 10.3. The highest BCUT2D eigenvalue weighted by molar-refractivity contribution is 7.98. The third-order valence-corrected chi connectivity index (χ3v) is 5.72. The summed E-state index contributed by atoms with van der Waals surface area (Å²) < 4.78 is 25.2. The molecular formula is C16H16Cl2N2O3S2. The van der Waals surface area contributed by atoms with E-state index in [4.69, 9.17) is 23.2 Å². The summed E-state index contributed by atoms with van der Waals surface area (Å²) in [5, 5.41) is 3.23. The molecular weight excluding hydrogens is 403 g/mol. The number of rotatable bonds is 6. The molecule has 134 valence electrons. The molecule has 0 heterocycles. The van der Waals surface area contributed by atoms with Crippen molar-refractivity contribution in [1.82, 2.24) is 0 Å². The zero-order valence-electron chi connectivity index (χ0n) is 13.5. The number of thioether (sulfide) groups is 1. The van der Waals surface area contributed by atoms with Crippen LogP contribution < -0.4 is 9.62 Å². The Balaban J connectivity index is 2.29. The van der Waals surface area contributed by atoms with E-state index in [0.29, 0.717) is 10.7 Å². The predicted octanol–water partition coefficient (Wildman–Crippen LogP) is 4.12. The van der Waals surface area contributed by atoms with Gasteiger partial charge in [0.25, 0.3) is 0 Å². The zero-order valence-corrected chi connectivity index (χ0v) is 16.6. The molecule has 0 fully saturated rings. The SMILES string of the molecule is CSc1ccccc1NC(=O)CN(c1cc(Cl)ccc1Cl)S(C)(=O)=O. The van der Waals surface area contributed by atoms with Crippen molar-refractivity contribution in [1.29, 1.82) is 0 Å². The molecule has 0 aromatic heterocycles. The van der Waals surface area contributed by atoms with Crippen molar-refractivity contribution in [2.24, 2.45) is 0 Å². The summed E-state index contributed by atoms with van der Waals surface area (Å²) in [7, 11) is -3.74. The van der Waals surface area contributed by atoms with Crippen molar-refractivity contribution in [3.8, 4) is 0 Å². The molecule has 1 amide bonds. The van der Waals surface area contributed by atoms with Crippen LogP contribution in [0.15, 0.2) is 47.4 Å². The highest BCUT2D eigenvalue weighted by Gasteiger charge is 2.23. The molecule has 25 heavy (non-hydrogen) atoms. The average molecular weight is 419 g/mol. The molecule has 0 atom stereocenters. The Morgan fingerprint density at radius 3 is 2.52 bits per heavy atom. The molecule has 0 bridgehead atoms. The lowest BCUT2D eigenvalue weighted by Crippen LogP contribution is -2.37. The third kappa shape index (κ3) is 5.28. The average Bonchev–Trinajstić information content (AvgIpc) is 2.54. The van der Waals surface area contributed by atoms with E-state index in [1.807, 2.05) is 18.4 Å². The van der Waals surface area contributed by atoms with Crippen LogP contribution in [0.25, 0.3) is 0 Å². The Morgan fingerprint density at radius 1 is 1.20 bits per heavy atom. The van der Waals surface area contributed by atoms with Crippen LogP contribution in [0.4, 0.5) is 11.4 Å². The van der Waals surface area contributed by atoms with Crippen molar-refractivity contribution < 1.29 is 13.2 Å². The molecule has 5 nitrogen and oxygen atoms in total. The lowest BCUT2D eigenvalue weighted by Gasteiger charge is -2.23. The number of benzene rings is 2. The van der Waals surface area contributed by atoms with Gasteiger partial charge < -0.3 is 5.32 Å². The number of carbonyl (C=O) groups is 1. The summed E-state index contributed by atoms with van der Waals surface area (Å²) in [5.74, 6) is -0.483. The fourth-order valence-electron chi connectivity index (χ4n) is 2.13. The van der Waals surface area contributed by atoms with Crippen molar-refractivity contribution in [2.45, 2.75) is 4.90 Å². The number of nitrogens with one attached hydrogen (secondary N) is 1. The number of anilines is 2. The van der Waals surface area contributed by atoms with Crippen LogP contribution in [0, 0.1) is 0 Å². The van der Waals surface area contributed by atoms with E-state index >= 15 is 0 Å². The van der Waals surface area contributed by atoms with Gasteiger partial charge in [0.1, 0.15) is 6.54 Å². The fourth-order valence-corrected chi connectivity index (χ4v) is 3.98. The highest BCUT2D eigenvalue weighted by atomic mass is 35.5. The quantitative estimate of drug-likeness (QED) is 0.716. The second-order valence-electron chi connectivity index (χ2n) is 5.11. The molecule has 0 saturated heterocycles. The minimum Gasteiger partial charge on any atom is -0.323 e. The van der Waals surface area contributed by atoms with E-state index in [2.05, 4.69) is 5.32 Å². The van der Waals surface area contributed by atoms with Gasteiger partial charge in [-0.25, -0.2) is 8.42 Å². The monoisotopic (exact) mass is 418 g/mol. The molecule has 9 heteroatoms. The molecule has 2 aromatic rings. The van der Waals surface area contributed by atoms with Gasteiger partial charge in [-0.3, -0.25) is 9.10 Å². The first-order valence-electron chi connectivity index (χ1n) is 7.08. The molecule has 2 rings (SSSR count). The number of hydrogen-bond donors (Lipinski definition) is 1. The van der Waals surface area contributed by atoms with Crippen LogP contribution in [-0.2, 0) is 14.8 Å². The van der Waals surface area contributed by atoms with E-state index in [1.165, 1.54) is 23.9 Å².